The first kappa shape index (κ1) is 16.5. The van der Waals surface area contributed by atoms with Crippen molar-refractivity contribution in [2.45, 2.75) is 64.3 Å². The van der Waals surface area contributed by atoms with Gasteiger partial charge in [0.15, 0.2) is 0 Å². The van der Waals surface area contributed by atoms with Gasteiger partial charge in [0.2, 0.25) is 5.91 Å². The third-order valence-corrected chi connectivity index (χ3v) is 5.11. The first-order valence-electron chi connectivity index (χ1n) is 8.83. The molecule has 2 aliphatic rings. The van der Waals surface area contributed by atoms with E-state index >= 15 is 0 Å². The zero-order valence-electron chi connectivity index (χ0n) is 13.7. The molecular weight excluding hydrogens is 260 g/mol. The molecule has 120 valence electrons. The molecule has 0 aromatic rings. The maximum Gasteiger partial charge on any atom is 0.236 e. The summed E-state index contributed by atoms with van der Waals surface area (Å²) >= 11 is 0. The molecule has 1 unspecified atom stereocenters. The number of carbonyl (C=O) groups excluding carboxylic acids is 1. The van der Waals surface area contributed by atoms with Crippen LogP contribution in [0.3, 0.4) is 0 Å². The first-order chi connectivity index (χ1) is 10.2. The molecule has 1 heterocycles. The molecule has 2 rings (SSSR count). The van der Waals surface area contributed by atoms with E-state index in [-0.39, 0.29) is 0 Å². The highest BCUT2D eigenvalue weighted by Crippen LogP contribution is 2.24. The molecule has 3 heteroatoms. The van der Waals surface area contributed by atoms with Gasteiger partial charge in [-0.15, -0.1) is 6.58 Å². The number of nitrogens with zero attached hydrogens (tertiary/aromatic N) is 2. The van der Waals surface area contributed by atoms with Gasteiger partial charge in [0.1, 0.15) is 0 Å². The number of hydrogen-bond acceptors (Lipinski definition) is 2. The molecule has 2 fully saturated rings. The molecule has 0 N–H and O–H groups in total. The molecule has 1 amide bonds. The summed E-state index contributed by atoms with van der Waals surface area (Å²) in [7, 11) is 0. The van der Waals surface area contributed by atoms with Gasteiger partial charge in [-0.3, -0.25) is 9.69 Å². The predicted octanol–water partition coefficient (Wildman–Crippen LogP) is 3.46. The molecule has 0 radical (unpaired) electrons. The van der Waals surface area contributed by atoms with Gasteiger partial charge in [-0.05, 0) is 44.9 Å². The molecule has 21 heavy (non-hydrogen) atoms. The second-order valence-electron chi connectivity index (χ2n) is 6.92. The molecule has 1 atom stereocenters. The second kappa shape index (κ2) is 8.57. The Bertz CT molecular complexity index is 336. The maximum atomic E-state index is 12.6. The van der Waals surface area contributed by atoms with Gasteiger partial charge >= 0.3 is 0 Å². The minimum atomic E-state index is 0.319. The smallest absolute Gasteiger partial charge is 0.236 e. The van der Waals surface area contributed by atoms with E-state index in [9.17, 15) is 4.79 Å². The largest absolute Gasteiger partial charge is 0.339 e. The van der Waals surface area contributed by atoms with Crippen molar-refractivity contribution < 1.29 is 4.79 Å². The van der Waals surface area contributed by atoms with Crippen LogP contribution in [0.4, 0.5) is 0 Å². The second-order valence-corrected chi connectivity index (χ2v) is 6.92. The summed E-state index contributed by atoms with van der Waals surface area (Å²) in [6.45, 7) is 9.49. The minimum absolute atomic E-state index is 0.319. The zero-order chi connectivity index (χ0) is 15.1. The fourth-order valence-corrected chi connectivity index (χ4v) is 3.87. The number of piperidine rings is 1. The highest BCUT2D eigenvalue weighted by Gasteiger charge is 2.25. The predicted molar refractivity (Wildman–Crippen MR) is 88.2 cm³/mol. The van der Waals surface area contributed by atoms with Gasteiger partial charge < -0.3 is 4.90 Å². The molecule has 1 aliphatic carbocycles. The quantitative estimate of drug-likeness (QED) is 0.700. The number of hydrogen-bond donors (Lipinski definition) is 0. The summed E-state index contributed by atoms with van der Waals surface area (Å²) in [6, 6.07) is 0.423. The van der Waals surface area contributed by atoms with Gasteiger partial charge in [-0.1, -0.05) is 25.3 Å². The average molecular weight is 292 g/mol. The van der Waals surface area contributed by atoms with Crippen LogP contribution in [0.1, 0.15) is 58.3 Å². The van der Waals surface area contributed by atoms with Crippen LogP contribution in [0, 0.1) is 5.92 Å². The van der Waals surface area contributed by atoms with E-state index in [0.29, 0.717) is 18.5 Å². The van der Waals surface area contributed by atoms with E-state index in [4.69, 9.17) is 0 Å². The van der Waals surface area contributed by atoms with Crippen molar-refractivity contribution in [3.63, 3.8) is 0 Å². The van der Waals surface area contributed by atoms with Crippen molar-refractivity contribution in [3.05, 3.63) is 12.7 Å². The third-order valence-electron chi connectivity index (χ3n) is 5.11. The summed E-state index contributed by atoms with van der Waals surface area (Å²) in [4.78, 5) is 17.0. The lowest BCUT2D eigenvalue weighted by Gasteiger charge is -2.36. The Morgan fingerprint density at radius 1 is 1.19 bits per heavy atom. The summed E-state index contributed by atoms with van der Waals surface area (Å²) in [5.41, 5.74) is 0. The van der Waals surface area contributed by atoms with Crippen LogP contribution >= 0.6 is 0 Å². The average Bonchev–Trinajstić information content (AvgIpc) is 2.49. The molecule has 0 bridgehead atoms. The third kappa shape index (κ3) is 5.14. The zero-order valence-corrected chi connectivity index (χ0v) is 13.7. The summed E-state index contributed by atoms with van der Waals surface area (Å²) in [5.74, 6) is 1.10. The SMILES string of the molecule is C=CCN(CC(=O)N1CCCCC1C)CC1CCCCC1. The van der Waals surface area contributed by atoms with E-state index in [1.54, 1.807) is 0 Å². The lowest BCUT2D eigenvalue weighted by atomic mass is 9.89. The van der Waals surface area contributed by atoms with Gasteiger partial charge in [0.25, 0.3) is 0 Å². The Morgan fingerprint density at radius 2 is 1.90 bits per heavy atom. The topological polar surface area (TPSA) is 23.6 Å². The van der Waals surface area contributed by atoms with Crippen LogP contribution in [0.5, 0.6) is 0 Å². The van der Waals surface area contributed by atoms with Crippen LogP contribution in [-0.4, -0.2) is 47.9 Å². The Kier molecular flexibility index (Phi) is 6.75. The van der Waals surface area contributed by atoms with Crippen molar-refractivity contribution in [2.24, 2.45) is 5.92 Å². The molecule has 0 spiro atoms. The van der Waals surface area contributed by atoms with Gasteiger partial charge in [0, 0.05) is 25.7 Å². The van der Waals surface area contributed by atoms with Crippen molar-refractivity contribution in [2.75, 3.05) is 26.2 Å². The van der Waals surface area contributed by atoms with E-state index in [1.807, 2.05) is 6.08 Å². The normalized spacial score (nSPS) is 24.3. The van der Waals surface area contributed by atoms with Crippen LogP contribution in [0.25, 0.3) is 0 Å². The molecule has 1 aliphatic heterocycles. The molecular formula is C18H32N2O. The van der Waals surface area contributed by atoms with Crippen molar-refractivity contribution in [1.29, 1.82) is 0 Å². The van der Waals surface area contributed by atoms with E-state index in [0.717, 1.165) is 32.0 Å². The van der Waals surface area contributed by atoms with Gasteiger partial charge in [0.05, 0.1) is 6.54 Å². The highest BCUT2D eigenvalue weighted by atomic mass is 16.2. The standard InChI is InChI=1S/C18H32N2O/c1-3-12-19(14-17-10-5-4-6-11-17)15-18(21)20-13-8-7-9-16(20)2/h3,16-17H,1,4-15H2,2H3. The fraction of sp³-hybridized carbons (Fsp3) is 0.833. The summed E-state index contributed by atoms with van der Waals surface area (Å²) in [5, 5.41) is 0. The van der Waals surface area contributed by atoms with Crippen LogP contribution < -0.4 is 0 Å². The van der Waals surface area contributed by atoms with Gasteiger partial charge in [-0.2, -0.15) is 0 Å². The Morgan fingerprint density at radius 3 is 2.57 bits per heavy atom. The molecule has 1 saturated heterocycles. The van der Waals surface area contributed by atoms with E-state index in [1.165, 1.54) is 44.9 Å². The monoisotopic (exact) mass is 292 g/mol. The minimum Gasteiger partial charge on any atom is -0.339 e. The number of amides is 1. The van der Waals surface area contributed by atoms with Crippen molar-refractivity contribution in [3.8, 4) is 0 Å². The number of rotatable bonds is 6. The summed E-state index contributed by atoms with van der Waals surface area (Å²) in [6.07, 6.45) is 12.3. The maximum absolute atomic E-state index is 12.6. The van der Waals surface area contributed by atoms with Crippen LogP contribution in [-0.2, 0) is 4.79 Å². The molecule has 3 nitrogen and oxygen atoms in total. The van der Waals surface area contributed by atoms with Crippen LogP contribution in [0.15, 0.2) is 12.7 Å². The van der Waals surface area contributed by atoms with Crippen LogP contribution in [0.2, 0.25) is 0 Å². The highest BCUT2D eigenvalue weighted by molar-refractivity contribution is 5.78. The van der Waals surface area contributed by atoms with E-state index < -0.39 is 0 Å². The molecule has 0 aromatic carbocycles. The number of likely N-dealkylation sites (tertiary alicyclic amines) is 1. The molecule has 1 saturated carbocycles. The number of carbonyl (C=O) groups is 1. The fourth-order valence-electron chi connectivity index (χ4n) is 3.87. The Balaban J connectivity index is 1.85. The van der Waals surface area contributed by atoms with Crippen molar-refractivity contribution in [1.82, 2.24) is 9.80 Å². The van der Waals surface area contributed by atoms with Gasteiger partial charge in [-0.25, -0.2) is 0 Å². The van der Waals surface area contributed by atoms with Crippen molar-refractivity contribution >= 4 is 5.91 Å². The van der Waals surface area contributed by atoms with E-state index in [2.05, 4.69) is 23.3 Å². The Hall–Kier alpha value is -0.830. The Labute approximate surface area is 130 Å². The summed E-state index contributed by atoms with van der Waals surface area (Å²) < 4.78 is 0. The lowest BCUT2D eigenvalue weighted by molar-refractivity contribution is -0.135. The molecule has 0 aromatic heterocycles. The lowest BCUT2D eigenvalue weighted by Crippen LogP contribution is -2.47. The first-order valence-corrected chi connectivity index (χ1v) is 8.83.